The molecule has 0 atom stereocenters. The molecule has 20 heavy (non-hydrogen) atoms. The van der Waals surface area contributed by atoms with E-state index in [1.165, 1.54) is 19.1 Å². The Kier molecular flexibility index (Phi) is 4.79. The molecule has 0 bridgehead atoms. The monoisotopic (exact) mass is 280 g/mol. The number of nitrogens with one attached hydrogen (secondary N) is 1. The second-order valence-electron chi connectivity index (χ2n) is 3.78. The van der Waals surface area contributed by atoms with Crippen LogP contribution in [0.25, 0.3) is 0 Å². The number of ether oxygens (including phenoxy) is 1. The third-order valence-electron chi connectivity index (χ3n) is 2.25. The summed E-state index contributed by atoms with van der Waals surface area (Å²) < 4.78 is 4.61. The maximum absolute atomic E-state index is 11.4. The topological polar surface area (TPSA) is 119 Å². The SMILES string of the molecule is C=CCOC(=O)Nc1c(C(=O)O)cc(C)cc1[N+](=O)[O-]. The van der Waals surface area contributed by atoms with Crippen LogP contribution in [0.4, 0.5) is 16.2 Å². The fourth-order valence-electron chi connectivity index (χ4n) is 1.48. The van der Waals surface area contributed by atoms with Gasteiger partial charge in [-0.25, -0.2) is 9.59 Å². The molecule has 0 saturated heterocycles. The predicted octanol–water partition coefficient (Wildman–Crippen LogP) is 2.34. The van der Waals surface area contributed by atoms with Crippen molar-refractivity contribution in [2.24, 2.45) is 0 Å². The molecule has 0 radical (unpaired) electrons. The van der Waals surface area contributed by atoms with Crippen molar-refractivity contribution >= 4 is 23.4 Å². The number of hydrogen-bond donors (Lipinski definition) is 2. The Balaban J connectivity index is 3.26. The molecule has 0 aromatic heterocycles. The lowest BCUT2D eigenvalue weighted by molar-refractivity contribution is -0.384. The van der Waals surface area contributed by atoms with Gasteiger partial charge in [-0.15, -0.1) is 0 Å². The maximum atomic E-state index is 11.4. The Bertz CT molecular complexity index is 546. The van der Waals surface area contributed by atoms with E-state index in [-0.39, 0.29) is 12.2 Å². The standard InChI is InChI=1S/C12H12N2O6/c1-3-4-20-12(17)13-10-8(11(15)16)5-7(2)6-9(10)14(18)19/h3,5-6H,1,4H2,2H3,(H,13,17)(H,15,16). The van der Waals surface area contributed by atoms with Gasteiger partial charge in [-0.05, 0) is 18.6 Å². The fourth-order valence-corrected chi connectivity index (χ4v) is 1.48. The first-order valence-electron chi connectivity index (χ1n) is 5.43. The van der Waals surface area contributed by atoms with Crippen molar-refractivity contribution in [2.75, 3.05) is 11.9 Å². The van der Waals surface area contributed by atoms with E-state index in [9.17, 15) is 19.7 Å². The van der Waals surface area contributed by atoms with Gasteiger partial charge in [-0.2, -0.15) is 0 Å². The van der Waals surface area contributed by atoms with Gasteiger partial charge < -0.3 is 9.84 Å². The molecule has 0 aliphatic carbocycles. The summed E-state index contributed by atoms with van der Waals surface area (Å²) in [6.45, 7) is 4.75. The molecule has 1 aromatic carbocycles. The molecule has 1 aromatic rings. The van der Waals surface area contributed by atoms with E-state index in [1.807, 2.05) is 0 Å². The molecule has 1 rings (SSSR count). The van der Waals surface area contributed by atoms with Gasteiger partial charge >= 0.3 is 12.1 Å². The molecule has 0 aliphatic rings. The van der Waals surface area contributed by atoms with E-state index >= 15 is 0 Å². The van der Waals surface area contributed by atoms with Crippen LogP contribution in [0.2, 0.25) is 0 Å². The lowest BCUT2D eigenvalue weighted by atomic mass is 10.1. The molecule has 8 heteroatoms. The van der Waals surface area contributed by atoms with Crippen molar-refractivity contribution in [2.45, 2.75) is 6.92 Å². The summed E-state index contributed by atoms with van der Waals surface area (Å²) in [7, 11) is 0. The number of nitro groups is 1. The molecule has 0 saturated carbocycles. The minimum absolute atomic E-state index is 0.103. The number of carboxylic acid groups (broad SMARTS) is 1. The number of aryl methyl sites for hydroxylation is 1. The molecule has 2 N–H and O–H groups in total. The smallest absolute Gasteiger partial charge is 0.412 e. The predicted molar refractivity (Wildman–Crippen MR) is 70.0 cm³/mol. The molecule has 0 fully saturated rings. The van der Waals surface area contributed by atoms with Crippen molar-refractivity contribution in [3.63, 3.8) is 0 Å². The Morgan fingerprint density at radius 2 is 2.20 bits per heavy atom. The lowest BCUT2D eigenvalue weighted by Gasteiger charge is -2.10. The maximum Gasteiger partial charge on any atom is 0.412 e. The van der Waals surface area contributed by atoms with Crippen molar-refractivity contribution in [3.05, 3.63) is 46.0 Å². The number of nitro benzene ring substituents is 1. The minimum Gasteiger partial charge on any atom is -0.478 e. The van der Waals surface area contributed by atoms with E-state index in [2.05, 4.69) is 16.6 Å². The summed E-state index contributed by atoms with van der Waals surface area (Å²) in [5.41, 5.74) is -0.925. The van der Waals surface area contributed by atoms with Crippen molar-refractivity contribution in [1.82, 2.24) is 0 Å². The second kappa shape index (κ2) is 6.32. The number of anilines is 1. The highest BCUT2D eigenvalue weighted by Crippen LogP contribution is 2.30. The average molecular weight is 280 g/mol. The van der Waals surface area contributed by atoms with Crippen LogP contribution in [0.3, 0.4) is 0 Å². The number of rotatable bonds is 5. The molecule has 8 nitrogen and oxygen atoms in total. The van der Waals surface area contributed by atoms with E-state index in [0.717, 1.165) is 6.07 Å². The number of carbonyl (C=O) groups excluding carboxylic acids is 1. The summed E-state index contributed by atoms with van der Waals surface area (Å²) in [6, 6.07) is 2.38. The summed E-state index contributed by atoms with van der Waals surface area (Å²) in [5.74, 6) is -1.39. The molecule has 0 unspecified atom stereocenters. The molecule has 0 spiro atoms. The zero-order chi connectivity index (χ0) is 15.3. The van der Waals surface area contributed by atoms with Gasteiger partial charge in [0.15, 0.2) is 0 Å². The van der Waals surface area contributed by atoms with E-state index in [4.69, 9.17) is 5.11 Å². The van der Waals surface area contributed by atoms with Crippen molar-refractivity contribution < 1.29 is 24.4 Å². The lowest BCUT2D eigenvalue weighted by Crippen LogP contribution is -2.17. The van der Waals surface area contributed by atoms with E-state index in [0.29, 0.717) is 5.56 Å². The van der Waals surface area contributed by atoms with Crippen LogP contribution in [-0.2, 0) is 4.74 Å². The number of benzene rings is 1. The average Bonchev–Trinajstić information content (AvgIpc) is 2.37. The zero-order valence-electron chi connectivity index (χ0n) is 10.6. The van der Waals surface area contributed by atoms with Gasteiger partial charge in [0.1, 0.15) is 12.3 Å². The van der Waals surface area contributed by atoms with Gasteiger partial charge in [0.25, 0.3) is 5.69 Å². The number of hydrogen-bond acceptors (Lipinski definition) is 5. The second-order valence-corrected chi connectivity index (χ2v) is 3.78. The quantitative estimate of drug-likeness (QED) is 0.485. The van der Waals surface area contributed by atoms with Gasteiger partial charge in [0, 0.05) is 6.07 Å². The Hall–Kier alpha value is -2.90. The highest BCUT2D eigenvalue weighted by molar-refractivity contribution is 6.02. The summed E-state index contributed by atoms with van der Waals surface area (Å²) in [4.78, 5) is 32.7. The zero-order valence-corrected chi connectivity index (χ0v) is 10.6. The van der Waals surface area contributed by atoms with Gasteiger partial charge in [-0.3, -0.25) is 15.4 Å². The van der Waals surface area contributed by atoms with Crippen LogP contribution in [0, 0.1) is 17.0 Å². The highest BCUT2D eigenvalue weighted by Gasteiger charge is 2.24. The number of nitrogens with zero attached hydrogens (tertiary/aromatic N) is 1. The van der Waals surface area contributed by atoms with Crippen LogP contribution < -0.4 is 5.32 Å². The van der Waals surface area contributed by atoms with Crippen LogP contribution in [0.15, 0.2) is 24.8 Å². The Labute approximate surface area is 113 Å². The minimum atomic E-state index is -1.39. The first-order valence-corrected chi connectivity index (χ1v) is 5.43. The number of carboxylic acids is 1. The van der Waals surface area contributed by atoms with Crippen LogP contribution in [0.5, 0.6) is 0 Å². The third-order valence-corrected chi connectivity index (χ3v) is 2.25. The Morgan fingerprint density at radius 3 is 2.70 bits per heavy atom. The first kappa shape index (κ1) is 15.2. The molecule has 1 amide bonds. The Morgan fingerprint density at radius 1 is 1.55 bits per heavy atom. The van der Waals surface area contributed by atoms with Crippen molar-refractivity contribution in [1.29, 1.82) is 0 Å². The summed E-state index contributed by atoms with van der Waals surface area (Å²) >= 11 is 0. The highest BCUT2D eigenvalue weighted by atomic mass is 16.6. The molecule has 0 aliphatic heterocycles. The van der Waals surface area contributed by atoms with Gasteiger partial charge in [-0.1, -0.05) is 12.7 Å². The summed E-state index contributed by atoms with van der Waals surface area (Å²) in [5, 5.41) is 22.1. The first-order chi connectivity index (χ1) is 9.36. The number of amides is 1. The third kappa shape index (κ3) is 3.55. The van der Waals surface area contributed by atoms with Crippen LogP contribution in [-0.4, -0.2) is 28.7 Å². The van der Waals surface area contributed by atoms with Gasteiger partial charge in [0.2, 0.25) is 0 Å². The molecule has 0 heterocycles. The summed E-state index contributed by atoms with van der Waals surface area (Å²) in [6.07, 6.45) is 0.306. The normalized spacial score (nSPS) is 9.65. The molecular weight excluding hydrogens is 268 g/mol. The molecular formula is C12H12N2O6. The fraction of sp³-hybridized carbons (Fsp3) is 0.167. The largest absolute Gasteiger partial charge is 0.478 e. The van der Waals surface area contributed by atoms with Crippen LogP contribution >= 0.6 is 0 Å². The molecule has 106 valence electrons. The number of carbonyl (C=O) groups is 2. The van der Waals surface area contributed by atoms with E-state index in [1.54, 1.807) is 0 Å². The number of aromatic carboxylic acids is 1. The van der Waals surface area contributed by atoms with E-state index < -0.39 is 28.4 Å². The van der Waals surface area contributed by atoms with Gasteiger partial charge in [0.05, 0.1) is 10.5 Å². The van der Waals surface area contributed by atoms with Crippen molar-refractivity contribution in [3.8, 4) is 0 Å². The van der Waals surface area contributed by atoms with Crippen LogP contribution in [0.1, 0.15) is 15.9 Å².